The summed E-state index contributed by atoms with van der Waals surface area (Å²) in [5, 5.41) is 0. The SMILES string of the molecule is CCC1(CC)Cc2ccc(CC(=O)OC)cc2C1. The van der Waals surface area contributed by atoms with Crippen molar-refractivity contribution in [1.29, 1.82) is 0 Å². The third kappa shape index (κ3) is 2.43. The Morgan fingerprint density at radius 2 is 1.89 bits per heavy atom. The summed E-state index contributed by atoms with van der Waals surface area (Å²) >= 11 is 0. The van der Waals surface area contributed by atoms with Crippen molar-refractivity contribution in [3.8, 4) is 0 Å². The molecule has 0 saturated heterocycles. The van der Waals surface area contributed by atoms with E-state index in [1.54, 1.807) is 0 Å². The molecule has 0 spiro atoms. The molecule has 0 atom stereocenters. The van der Waals surface area contributed by atoms with E-state index >= 15 is 0 Å². The van der Waals surface area contributed by atoms with Gasteiger partial charge in [0.05, 0.1) is 13.5 Å². The summed E-state index contributed by atoms with van der Waals surface area (Å²) in [4.78, 5) is 11.3. The number of rotatable bonds is 4. The van der Waals surface area contributed by atoms with E-state index in [4.69, 9.17) is 4.74 Å². The molecular weight excluding hydrogens is 224 g/mol. The second kappa shape index (κ2) is 5.13. The molecule has 0 amide bonds. The zero-order chi connectivity index (χ0) is 13.2. The fourth-order valence-corrected chi connectivity index (χ4v) is 2.99. The lowest BCUT2D eigenvalue weighted by Crippen LogP contribution is -2.18. The lowest BCUT2D eigenvalue weighted by atomic mass is 9.80. The second-order valence-corrected chi connectivity index (χ2v) is 5.42. The van der Waals surface area contributed by atoms with Crippen LogP contribution in [0.15, 0.2) is 18.2 Å². The second-order valence-electron chi connectivity index (χ2n) is 5.42. The van der Waals surface area contributed by atoms with Crippen LogP contribution >= 0.6 is 0 Å². The molecule has 0 bridgehead atoms. The molecule has 1 aromatic carbocycles. The van der Waals surface area contributed by atoms with E-state index in [0.717, 1.165) is 12.0 Å². The minimum Gasteiger partial charge on any atom is -0.469 e. The molecule has 2 heteroatoms. The van der Waals surface area contributed by atoms with E-state index in [0.29, 0.717) is 11.8 Å². The first-order valence-corrected chi connectivity index (χ1v) is 6.80. The summed E-state index contributed by atoms with van der Waals surface area (Å²) in [7, 11) is 1.44. The fourth-order valence-electron chi connectivity index (χ4n) is 2.99. The third-order valence-corrected chi connectivity index (χ3v) is 4.48. The first kappa shape index (κ1) is 13.1. The van der Waals surface area contributed by atoms with Gasteiger partial charge in [0.1, 0.15) is 0 Å². The van der Waals surface area contributed by atoms with Crippen LogP contribution in [0.5, 0.6) is 0 Å². The Kier molecular flexibility index (Phi) is 3.74. The quantitative estimate of drug-likeness (QED) is 0.762. The normalized spacial score (nSPS) is 16.4. The largest absolute Gasteiger partial charge is 0.469 e. The Labute approximate surface area is 109 Å². The summed E-state index contributed by atoms with van der Waals surface area (Å²) in [5.41, 5.74) is 4.42. The van der Waals surface area contributed by atoms with Gasteiger partial charge in [0.15, 0.2) is 0 Å². The highest BCUT2D eigenvalue weighted by Gasteiger charge is 2.33. The van der Waals surface area contributed by atoms with Crippen molar-refractivity contribution in [1.82, 2.24) is 0 Å². The number of esters is 1. The molecule has 0 radical (unpaired) electrons. The van der Waals surface area contributed by atoms with Crippen LogP contribution in [-0.2, 0) is 28.8 Å². The van der Waals surface area contributed by atoms with Crippen LogP contribution in [0.1, 0.15) is 43.4 Å². The van der Waals surface area contributed by atoms with Crippen molar-refractivity contribution in [3.63, 3.8) is 0 Å². The number of carbonyl (C=O) groups excluding carboxylic acids is 1. The molecule has 0 heterocycles. The van der Waals surface area contributed by atoms with Gasteiger partial charge in [-0.2, -0.15) is 0 Å². The first-order valence-electron chi connectivity index (χ1n) is 6.80. The van der Waals surface area contributed by atoms with Gasteiger partial charge in [0, 0.05) is 0 Å². The standard InChI is InChI=1S/C16H22O2/c1-4-16(5-2)10-13-7-6-12(8-14(13)11-16)9-15(17)18-3/h6-8H,4-5,9-11H2,1-3H3. The van der Waals surface area contributed by atoms with Crippen molar-refractivity contribution >= 4 is 5.97 Å². The molecule has 0 aliphatic heterocycles. The zero-order valence-corrected chi connectivity index (χ0v) is 11.6. The van der Waals surface area contributed by atoms with Crippen molar-refractivity contribution in [2.24, 2.45) is 5.41 Å². The predicted molar refractivity (Wildman–Crippen MR) is 72.6 cm³/mol. The van der Waals surface area contributed by atoms with Crippen molar-refractivity contribution in [2.75, 3.05) is 7.11 Å². The average molecular weight is 246 g/mol. The molecule has 1 aliphatic rings. The molecule has 0 N–H and O–H groups in total. The molecule has 0 aromatic heterocycles. The summed E-state index contributed by atoms with van der Waals surface area (Å²) in [6.45, 7) is 4.56. The number of fused-ring (bicyclic) bond motifs is 1. The molecule has 0 unspecified atom stereocenters. The maximum atomic E-state index is 11.3. The highest BCUT2D eigenvalue weighted by molar-refractivity contribution is 5.72. The van der Waals surface area contributed by atoms with Gasteiger partial charge in [-0.05, 0) is 47.8 Å². The van der Waals surface area contributed by atoms with E-state index in [2.05, 4.69) is 32.0 Å². The van der Waals surface area contributed by atoms with E-state index in [9.17, 15) is 4.79 Å². The van der Waals surface area contributed by atoms with Crippen LogP contribution in [-0.4, -0.2) is 13.1 Å². The van der Waals surface area contributed by atoms with Crippen LogP contribution < -0.4 is 0 Å². The molecular formula is C16H22O2. The van der Waals surface area contributed by atoms with Gasteiger partial charge >= 0.3 is 5.97 Å². The van der Waals surface area contributed by atoms with E-state index < -0.39 is 0 Å². The molecule has 0 fully saturated rings. The van der Waals surface area contributed by atoms with E-state index in [1.807, 2.05) is 0 Å². The van der Waals surface area contributed by atoms with Crippen LogP contribution in [0.2, 0.25) is 0 Å². The molecule has 18 heavy (non-hydrogen) atoms. The number of hydrogen-bond donors (Lipinski definition) is 0. The van der Waals surface area contributed by atoms with Gasteiger partial charge in [-0.1, -0.05) is 32.0 Å². The van der Waals surface area contributed by atoms with Crippen LogP contribution in [0.25, 0.3) is 0 Å². The zero-order valence-electron chi connectivity index (χ0n) is 11.6. The van der Waals surface area contributed by atoms with Gasteiger partial charge < -0.3 is 4.74 Å². The smallest absolute Gasteiger partial charge is 0.309 e. The first-order chi connectivity index (χ1) is 8.62. The maximum absolute atomic E-state index is 11.3. The van der Waals surface area contributed by atoms with Crippen molar-refractivity contribution in [2.45, 2.75) is 46.0 Å². The van der Waals surface area contributed by atoms with Crippen LogP contribution in [0, 0.1) is 5.41 Å². The summed E-state index contributed by atoms with van der Waals surface area (Å²) in [5.74, 6) is -0.162. The summed E-state index contributed by atoms with van der Waals surface area (Å²) in [6.07, 6.45) is 5.18. The van der Waals surface area contributed by atoms with Crippen LogP contribution in [0.4, 0.5) is 0 Å². The minimum absolute atomic E-state index is 0.162. The lowest BCUT2D eigenvalue weighted by molar-refractivity contribution is -0.139. The monoisotopic (exact) mass is 246 g/mol. The fraction of sp³-hybridized carbons (Fsp3) is 0.562. The maximum Gasteiger partial charge on any atom is 0.309 e. The Balaban J connectivity index is 2.19. The van der Waals surface area contributed by atoms with Gasteiger partial charge in [-0.3, -0.25) is 4.79 Å². The molecule has 2 nitrogen and oxygen atoms in total. The average Bonchev–Trinajstić information content (AvgIpc) is 2.77. The number of methoxy groups -OCH3 is 1. The number of ether oxygens (including phenoxy) is 1. The summed E-state index contributed by atoms with van der Waals surface area (Å²) in [6, 6.07) is 6.46. The van der Waals surface area contributed by atoms with Crippen molar-refractivity contribution < 1.29 is 9.53 Å². The number of hydrogen-bond acceptors (Lipinski definition) is 2. The van der Waals surface area contributed by atoms with Crippen molar-refractivity contribution in [3.05, 3.63) is 34.9 Å². The number of benzene rings is 1. The van der Waals surface area contributed by atoms with Crippen LogP contribution in [0.3, 0.4) is 0 Å². The molecule has 1 aliphatic carbocycles. The van der Waals surface area contributed by atoms with E-state index in [-0.39, 0.29) is 5.97 Å². The Morgan fingerprint density at radius 1 is 1.22 bits per heavy atom. The highest BCUT2D eigenvalue weighted by Crippen LogP contribution is 2.42. The predicted octanol–water partition coefficient (Wildman–Crippen LogP) is 3.31. The highest BCUT2D eigenvalue weighted by atomic mass is 16.5. The van der Waals surface area contributed by atoms with Gasteiger partial charge in [0.25, 0.3) is 0 Å². The van der Waals surface area contributed by atoms with Gasteiger partial charge in [-0.15, -0.1) is 0 Å². The molecule has 98 valence electrons. The Hall–Kier alpha value is -1.31. The van der Waals surface area contributed by atoms with Gasteiger partial charge in [-0.25, -0.2) is 0 Å². The van der Waals surface area contributed by atoms with Gasteiger partial charge in [0.2, 0.25) is 0 Å². The van der Waals surface area contributed by atoms with E-state index in [1.165, 1.54) is 37.5 Å². The third-order valence-electron chi connectivity index (χ3n) is 4.48. The minimum atomic E-state index is -0.162. The lowest BCUT2D eigenvalue weighted by Gasteiger charge is -2.25. The molecule has 1 aromatic rings. The Morgan fingerprint density at radius 3 is 2.50 bits per heavy atom. The Bertz CT molecular complexity index is 444. The molecule has 2 rings (SSSR count). The summed E-state index contributed by atoms with van der Waals surface area (Å²) < 4.78 is 4.72. The topological polar surface area (TPSA) is 26.3 Å². The number of carbonyl (C=O) groups is 1. The molecule has 0 saturated carbocycles.